The molecule has 384 valence electrons. The lowest BCUT2D eigenvalue weighted by Gasteiger charge is -2.47. The van der Waals surface area contributed by atoms with E-state index in [9.17, 15) is 0 Å². The van der Waals surface area contributed by atoms with Gasteiger partial charge >= 0.3 is 0 Å². The minimum absolute atomic E-state index is 0.0000719. The van der Waals surface area contributed by atoms with E-state index in [2.05, 4.69) is 283 Å². The van der Waals surface area contributed by atoms with E-state index in [1.807, 2.05) is 0 Å². The van der Waals surface area contributed by atoms with Crippen LogP contribution in [0, 0.1) is 13.8 Å². The normalized spacial score (nSPS) is 17.2. The summed E-state index contributed by atoms with van der Waals surface area (Å²) >= 11 is 0. The molecule has 0 amide bonds. The Labute approximate surface area is 456 Å². The smallest absolute Gasteiger partial charge is 0.252 e. The van der Waals surface area contributed by atoms with Gasteiger partial charge in [0.25, 0.3) is 6.71 Å². The molecule has 2 heterocycles. The first-order valence-electron chi connectivity index (χ1n) is 28.1. The second kappa shape index (κ2) is 16.9. The number of nitrogens with zero attached hydrogens (tertiary/aromatic N) is 3. The summed E-state index contributed by atoms with van der Waals surface area (Å²) in [6.07, 6.45) is 2.21. The number of aryl methyl sites for hydroxylation is 1. The Morgan fingerprint density at radius 1 is 0.434 bits per heavy atom. The van der Waals surface area contributed by atoms with Crippen molar-refractivity contribution in [2.75, 3.05) is 14.7 Å². The first-order chi connectivity index (χ1) is 35.8. The summed E-state index contributed by atoms with van der Waals surface area (Å²) in [5.74, 6) is 0. The summed E-state index contributed by atoms with van der Waals surface area (Å²) in [5, 5.41) is 0. The fourth-order valence-corrected chi connectivity index (χ4v) is 15.2. The molecule has 3 nitrogen and oxygen atoms in total. The predicted molar refractivity (Wildman–Crippen MR) is 329 cm³/mol. The highest BCUT2D eigenvalue weighted by atomic mass is 15.2. The molecule has 76 heavy (non-hydrogen) atoms. The highest BCUT2D eigenvalue weighted by Gasteiger charge is 2.50. The maximum Gasteiger partial charge on any atom is 0.252 e. The number of hydrogen-bond donors (Lipinski definition) is 0. The molecule has 8 aromatic carbocycles. The Morgan fingerprint density at radius 3 is 1.55 bits per heavy atom. The van der Waals surface area contributed by atoms with Crippen LogP contribution >= 0.6 is 0 Å². The van der Waals surface area contributed by atoms with Gasteiger partial charge in [-0.3, -0.25) is 0 Å². The molecule has 0 spiro atoms. The fourth-order valence-electron chi connectivity index (χ4n) is 15.2. The van der Waals surface area contributed by atoms with E-state index >= 15 is 0 Å². The number of hydrogen-bond acceptors (Lipinski definition) is 3. The molecule has 4 heteroatoms. The summed E-state index contributed by atoms with van der Waals surface area (Å²) < 4.78 is 0. The van der Waals surface area contributed by atoms with Crippen LogP contribution in [-0.2, 0) is 32.5 Å². The molecule has 0 bridgehead atoms. The Balaban J connectivity index is 1.25. The molecule has 0 saturated carbocycles. The second-order valence-corrected chi connectivity index (χ2v) is 27.8. The molecule has 8 aromatic rings. The monoisotopic (exact) mass is 996 g/mol. The summed E-state index contributed by atoms with van der Waals surface area (Å²) in [5.41, 5.74) is 28.7. The van der Waals surface area contributed by atoms with Crippen molar-refractivity contribution in [3.63, 3.8) is 0 Å². The summed E-state index contributed by atoms with van der Waals surface area (Å²) in [6, 6.07) is 60.9. The maximum absolute atomic E-state index is 2.74. The summed E-state index contributed by atoms with van der Waals surface area (Å²) in [4.78, 5) is 7.90. The number of benzene rings is 8. The number of anilines is 9. The lowest BCUT2D eigenvalue weighted by Crippen LogP contribution is -2.61. The largest absolute Gasteiger partial charge is 0.311 e. The van der Waals surface area contributed by atoms with Crippen molar-refractivity contribution in [2.45, 2.75) is 156 Å². The molecule has 4 aliphatic rings. The van der Waals surface area contributed by atoms with E-state index in [1.54, 1.807) is 0 Å². The number of para-hydroxylation sites is 2. The van der Waals surface area contributed by atoms with Gasteiger partial charge in [0.05, 0.1) is 11.4 Å². The summed E-state index contributed by atoms with van der Waals surface area (Å²) in [7, 11) is 0. The molecule has 0 N–H and O–H groups in total. The minimum Gasteiger partial charge on any atom is -0.311 e. The van der Waals surface area contributed by atoms with Crippen LogP contribution in [-0.4, -0.2) is 6.71 Å². The van der Waals surface area contributed by atoms with E-state index in [1.165, 1.54) is 106 Å². The molecular formula is C72H78BN3. The molecule has 0 aromatic heterocycles. The minimum atomic E-state index is -0.172. The van der Waals surface area contributed by atoms with Gasteiger partial charge < -0.3 is 14.7 Å². The highest BCUT2D eigenvalue weighted by molar-refractivity contribution is 7.00. The van der Waals surface area contributed by atoms with Gasteiger partial charge in [0.15, 0.2) is 0 Å². The van der Waals surface area contributed by atoms with E-state index in [-0.39, 0.29) is 39.2 Å². The van der Waals surface area contributed by atoms with Crippen molar-refractivity contribution in [1.82, 2.24) is 0 Å². The number of rotatable bonds is 6. The zero-order valence-corrected chi connectivity index (χ0v) is 48.3. The van der Waals surface area contributed by atoms with Gasteiger partial charge in [-0.2, -0.15) is 0 Å². The van der Waals surface area contributed by atoms with Gasteiger partial charge in [0, 0.05) is 45.4 Å². The molecule has 0 radical (unpaired) electrons. The Kier molecular flexibility index (Phi) is 11.1. The molecule has 12 rings (SSSR count). The first-order valence-corrected chi connectivity index (χ1v) is 28.1. The maximum atomic E-state index is 2.74. The second-order valence-electron chi connectivity index (χ2n) is 27.8. The Hall–Kier alpha value is -6.78. The molecule has 0 saturated heterocycles. The van der Waals surface area contributed by atoms with E-state index < -0.39 is 0 Å². The summed E-state index contributed by atoms with van der Waals surface area (Å²) in [6.45, 7) is 38.8. The van der Waals surface area contributed by atoms with Crippen LogP contribution < -0.4 is 31.1 Å². The van der Waals surface area contributed by atoms with Gasteiger partial charge in [0.2, 0.25) is 0 Å². The van der Waals surface area contributed by atoms with Crippen LogP contribution in [0.1, 0.15) is 154 Å². The van der Waals surface area contributed by atoms with Crippen molar-refractivity contribution >= 4 is 74.3 Å². The highest BCUT2D eigenvalue weighted by Crippen LogP contribution is 2.57. The fraction of sp³-hybridized carbons (Fsp3) is 0.333. The van der Waals surface area contributed by atoms with Gasteiger partial charge in [-0.25, -0.2) is 0 Å². The van der Waals surface area contributed by atoms with Crippen LogP contribution in [0.15, 0.2) is 158 Å². The van der Waals surface area contributed by atoms with Crippen LogP contribution in [0.4, 0.5) is 51.2 Å². The van der Waals surface area contributed by atoms with Gasteiger partial charge in [-0.05, 0) is 192 Å². The van der Waals surface area contributed by atoms with Crippen LogP contribution in [0.5, 0.6) is 0 Å². The van der Waals surface area contributed by atoms with E-state index in [0.29, 0.717) is 0 Å². The van der Waals surface area contributed by atoms with E-state index in [0.717, 1.165) is 29.9 Å². The third-order valence-corrected chi connectivity index (χ3v) is 18.1. The lowest BCUT2D eigenvalue weighted by molar-refractivity contribution is 0.402. The van der Waals surface area contributed by atoms with Crippen LogP contribution in [0.2, 0.25) is 0 Å². The zero-order valence-electron chi connectivity index (χ0n) is 48.3. The predicted octanol–water partition coefficient (Wildman–Crippen LogP) is 18.0. The van der Waals surface area contributed by atoms with Crippen LogP contribution in [0.25, 0.3) is 11.1 Å². The van der Waals surface area contributed by atoms with Crippen molar-refractivity contribution in [3.8, 4) is 11.1 Å². The zero-order chi connectivity index (χ0) is 53.8. The third-order valence-electron chi connectivity index (χ3n) is 18.1. The Morgan fingerprint density at radius 2 is 0.961 bits per heavy atom. The Bertz CT molecular complexity index is 3600. The average molecular weight is 996 g/mol. The standard InChI is InChI=1S/C72H78BN3/c1-45-36-56-64(72(15,16)44-71(56,13)14)46(2)66(45)76-60-40-52(74(50-28-22-18-23-29-50)51-30-24-19-25-31-51)33-34-57(60)73-58-41-54-55(70(11,12)43-69(54,9)10)42-61(58)75(62-38-49(68(6,7)8)39-63(76)65(62)73)59-35-32-48(67(3,4)5)37-53(59)47-26-20-17-21-27-47/h17-42H,43-44H2,1-16H3. The average Bonchev–Trinajstić information content (AvgIpc) is 3.73. The lowest BCUT2D eigenvalue weighted by atomic mass is 9.33. The topological polar surface area (TPSA) is 9.72 Å². The van der Waals surface area contributed by atoms with Gasteiger partial charge in [0.1, 0.15) is 0 Å². The van der Waals surface area contributed by atoms with Crippen molar-refractivity contribution in [1.29, 1.82) is 0 Å². The third kappa shape index (κ3) is 7.74. The van der Waals surface area contributed by atoms with Gasteiger partial charge in [-0.1, -0.05) is 188 Å². The first kappa shape index (κ1) is 50.1. The van der Waals surface area contributed by atoms with E-state index in [4.69, 9.17) is 0 Å². The quantitative estimate of drug-likeness (QED) is 0.154. The van der Waals surface area contributed by atoms with Crippen molar-refractivity contribution in [3.05, 3.63) is 202 Å². The molecule has 0 fully saturated rings. The van der Waals surface area contributed by atoms with Gasteiger partial charge in [-0.15, -0.1) is 0 Å². The van der Waals surface area contributed by atoms with Crippen molar-refractivity contribution in [2.24, 2.45) is 0 Å². The molecule has 0 atom stereocenters. The SMILES string of the molecule is Cc1cc2c(c(C)c1N1c3cc(N(c4ccccc4)c4ccccc4)ccc3B3c4cc5c(cc4N(c4ccc(C(C)(C)C)cc4-c4ccccc4)c4cc(C(C)(C)C)cc1c43)C(C)(C)CC5(C)C)C(C)(C)CC2(C)C. The number of fused-ring (bicyclic) bond motifs is 6. The molecule has 2 aliphatic heterocycles. The molecular weight excluding hydrogens is 918 g/mol. The van der Waals surface area contributed by atoms with Crippen LogP contribution in [0.3, 0.4) is 0 Å². The van der Waals surface area contributed by atoms with Crippen molar-refractivity contribution < 1.29 is 0 Å². The molecule has 2 aliphatic carbocycles. The molecule has 0 unspecified atom stereocenters.